The summed E-state index contributed by atoms with van der Waals surface area (Å²) in [5, 5.41) is 3.62. The molecule has 1 atom stereocenters. The zero-order chi connectivity index (χ0) is 14.1. The van der Waals surface area contributed by atoms with E-state index in [1.165, 1.54) is 30.5 Å². The predicted octanol–water partition coefficient (Wildman–Crippen LogP) is 5.46. The maximum atomic E-state index is 13.1. The highest BCUT2D eigenvalue weighted by molar-refractivity contribution is 9.10. The first-order valence-corrected chi connectivity index (χ1v) is 7.71. The lowest BCUT2D eigenvalue weighted by atomic mass is 10.0. The monoisotopic (exact) mass is 333 g/mol. The SMILES string of the molecule is Cc1ccc(Br)c(NC(c2ccc(F)cc2)C2CC2)c1. The highest BCUT2D eigenvalue weighted by Gasteiger charge is 2.32. The summed E-state index contributed by atoms with van der Waals surface area (Å²) in [6.45, 7) is 2.08. The van der Waals surface area contributed by atoms with E-state index in [1.807, 2.05) is 12.1 Å². The first-order chi connectivity index (χ1) is 9.63. The van der Waals surface area contributed by atoms with Crippen molar-refractivity contribution in [1.29, 1.82) is 0 Å². The van der Waals surface area contributed by atoms with Crippen LogP contribution in [0.1, 0.15) is 30.0 Å². The van der Waals surface area contributed by atoms with E-state index in [9.17, 15) is 4.39 Å². The molecular formula is C17H17BrFN. The standard InChI is InChI=1S/C17H17BrFN/c1-11-2-9-15(18)16(10-11)20-17(12-3-4-12)13-5-7-14(19)8-6-13/h2,5-10,12,17,20H,3-4H2,1H3. The zero-order valence-corrected chi connectivity index (χ0v) is 13.0. The van der Waals surface area contributed by atoms with Crippen molar-refractivity contribution < 1.29 is 4.39 Å². The van der Waals surface area contributed by atoms with E-state index in [-0.39, 0.29) is 11.9 Å². The molecule has 3 rings (SSSR count). The molecule has 0 saturated heterocycles. The van der Waals surface area contributed by atoms with Crippen LogP contribution in [0.3, 0.4) is 0 Å². The van der Waals surface area contributed by atoms with Crippen molar-refractivity contribution in [2.45, 2.75) is 25.8 Å². The van der Waals surface area contributed by atoms with Crippen LogP contribution in [0.15, 0.2) is 46.9 Å². The normalized spacial score (nSPS) is 15.9. The van der Waals surface area contributed by atoms with Crippen LogP contribution in [0, 0.1) is 18.7 Å². The summed E-state index contributed by atoms with van der Waals surface area (Å²) >= 11 is 3.59. The molecule has 0 heterocycles. The number of hydrogen-bond acceptors (Lipinski definition) is 1. The molecule has 1 saturated carbocycles. The number of rotatable bonds is 4. The van der Waals surface area contributed by atoms with Gasteiger partial charge in [0.15, 0.2) is 0 Å². The van der Waals surface area contributed by atoms with Crippen LogP contribution in [0.5, 0.6) is 0 Å². The van der Waals surface area contributed by atoms with Crippen LogP contribution in [0.4, 0.5) is 10.1 Å². The van der Waals surface area contributed by atoms with Gasteiger partial charge in [-0.3, -0.25) is 0 Å². The average Bonchev–Trinajstić information content (AvgIpc) is 3.25. The molecule has 0 aromatic heterocycles. The van der Waals surface area contributed by atoms with Gasteiger partial charge in [0.25, 0.3) is 0 Å². The van der Waals surface area contributed by atoms with Gasteiger partial charge >= 0.3 is 0 Å². The predicted molar refractivity (Wildman–Crippen MR) is 84.4 cm³/mol. The molecule has 1 unspecified atom stereocenters. The largest absolute Gasteiger partial charge is 0.377 e. The Morgan fingerprint density at radius 2 is 1.85 bits per heavy atom. The quantitative estimate of drug-likeness (QED) is 0.783. The third-order valence-electron chi connectivity index (χ3n) is 3.76. The molecule has 0 amide bonds. The highest BCUT2D eigenvalue weighted by atomic mass is 79.9. The smallest absolute Gasteiger partial charge is 0.123 e. The summed E-state index contributed by atoms with van der Waals surface area (Å²) in [6, 6.07) is 13.4. The summed E-state index contributed by atoms with van der Waals surface area (Å²) in [4.78, 5) is 0. The number of halogens is 2. The fourth-order valence-electron chi connectivity index (χ4n) is 2.49. The minimum atomic E-state index is -0.181. The van der Waals surface area contributed by atoms with Crippen molar-refractivity contribution in [3.8, 4) is 0 Å². The second-order valence-corrected chi connectivity index (χ2v) is 6.35. The Bertz CT molecular complexity index is 605. The number of aryl methyl sites for hydroxylation is 1. The lowest BCUT2D eigenvalue weighted by Gasteiger charge is -2.21. The third-order valence-corrected chi connectivity index (χ3v) is 4.45. The van der Waals surface area contributed by atoms with Crippen molar-refractivity contribution in [3.63, 3.8) is 0 Å². The van der Waals surface area contributed by atoms with E-state index in [1.54, 1.807) is 0 Å². The molecular weight excluding hydrogens is 317 g/mol. The van der Waals surface area contributed by atoms with E-state index < -0.39 is 0 Å². The fourth-order valence-corrected chi connectivity index (χ4v) is 2.85. The summed E-state index contributed by atoms with van der Waals surface area (Å²) in [6.07, 6.45) is 2.47. The van der Waals surface area contributed by atoms with Gasteiger partial charge in [0.2, 0.25) is 0 Å². The van der Waals surface area contributed by atoms with E-state index in [0.717, 1.165) is 15.7 Å². The first kappa shape index (κ1) is 13.6. The molecule has 0 radical (unpaired) electrons. The fraction of sp³-hybridized carbons (Fsp3) is 0.294. The van der Waals surface area contributed by atoms with E-state index in [0.29, 0.717) is 5.92 Å². The first-order valence-electron chi connectivity index (χ1n) is 6.91. The van der Waals surface area contributed by atoms with Gasteiger partial charge in [-0.1, -0.05) is 18.2 Å². The lowest BCUT2D eigenvalue weighted by molar-refractivity contribution is 0.622. The maximum Gasteiger partial charge on any atom is 0.123 e. The summed E-state index contributed by atoms with van der Waals surface area (Å²) < 4.78 is 14.1. The third kappa shape index (κ3) is 3.04. The van der Waals surface area contributed by atoms with Gasteiger partial charge in [-0.25, -0.2) is 4.39 Å². The average molecular weight is 334 g/mol. The number of nitrogens with one attached hydrogen (secondary N) is 1. The zero-order valence-electron chi connectivity index (χ0n) is 11.4. The topological polar surface area (TPSA) is 12.0 Å². The lowest BCUT2D eigenvalue weighted by Crippen LogP contribution is -2.13. The summed E-state index contributed by atoms with van der Waals surface area (Å²) in [5.74, 6) is 0.466. The molecule has 0 bridgehead atoms. The summed E-state index contributed by atoms with van der Waals surface area (Å²) in [7, 11) is 0. The van der Waals surface area contributed by atoms with Crippen LogP contribution < -0.4 is 5.32 Å². The van der Waals surface area contributed by atoms with Crippen LogP contribution in [0.25, 0.3) is 0 Å². The molecule has 2 aromatic rings. The van der Waals surface area contributed by atoms with Gasteiger partial charge in [-0.2, -0.15) is 0 Å². The molecule has 1 aliphatic rings. The Labute approximate surface area is 127 Å². The molecule has 1 nitrogen and oxygen atoms in total. The molecule has 1 N–H and O–H groups in total. The van der Waals surface area contributed by atoms with Gasteiger partial charge in [0.1, 0.15) is 5.82 Å². The van der Waals surface area contributed by atoms with Crippen molar-refractivity contribution >= 4 is 21.6 Å². The maximum absolute atomic E-state index is 13.1. The Morgan fingerprint density at radius 1 is 1.15 bits per heavy atom. The van der Waals surface area contributed by atoms with E-state index in [2.05, 4.69) is 46.4 Å². The van der Waals surface area contributed by atoms with Crippen molar-refractivity contribution in [2.75, 3.05) is 5.32 Å². The minimum absolute atomic E-state index is 0.181. The van der Waals surface area contributed by atoms with Gasteiger partial charge in [0, 0.05) is 10.2 Å². The Balaban J connectivity index is 1.88. The Kier molecular flexibility index (Phi) is 3.79. The molecule has 1 fully saturated rings. The number of benzene rings is 2. The molecule has 3 heteroatoms. The molecule has 0 spiro atoms. The minimum Gasteiger partial charge on any atom is -0.377 e. The number of anilines is 1. The van der Waals surface area contributed by atoms with Crippen LogP contribution >= 0.6 is 15.9 Å². The van der Waals surface area contributed by atoms with Crippen LogP contribution in [-0.4, -0.2) is 0 Å². The highest BCUT2D eigenvalue weighted by Crippen LogP contribution is 2.43. The molecule has 1 aliphatic carbocycles. The van der Waals surface area contributed by atoms with Gasteiger partial charge in [0.05, 0.1) is 6.04 Å². The van der Waals surface area contributed by atoms with Crippen molar-refractivity contribution in [2.24, 2.45) is 5.92 Å². The van der Waals surface area contributed by atoms with Gasteiger partial charge in [-0.15, -0.1) is 0 Å². The molecule has 0 aliphatic heterocycles. The number of hydrogen-bond donors (Lipinski definition) is 1. The molecule has 20 heavy (non-hydrogen) atoms. The summed E-state index contributed by atoms with van der Waals surface area (Å²) in [5.41, 5.74) is 3.48. The van der Waals surface area contributed by atoms with Gasteiger partial charge < -0.3 is 5.32 Å². The van der Waals surface area contributed by atoms with E-state index >= 15 is 0 Å². The van der Waals surface area contributed by atoms with Crippen LogP contribution in [-0.2, 0) is 0 Å². The van der Waals surface area contributed by atoms with Gasteiger partial charge in [-0.05, 0) is 77.0 Å². The van der Waals surface area contributed by atoms with Crippen molar-refractivity contribution in [1.82, 2.24) is 0 Å². The Hall–Kier alpha value is -1.35. The van der Waals surface area contributed by atoms with Crippen LogP contribution in [0.2, 0.25) is 0 Å². The molecule has 2 aromatic carbocycles. The van der Waals surface area contributed by atoms with E-state index in [4.69, 9.17) is 0 Å². The second kappa shape index (κ2) is 5.57. The second-order valence-electron chi connectivity index (χ2n) is 5.49. The van der Waals surface area contributed by atoms with Crippen molar-refractivity contribution in [3.05, 3.63) is 63.9 Å². The Morgan fingerprint density at radius 3 is 2.50 bits per heavy atom. The molecule has 104 valence electrons.